The van der Waals surface area contributed by atoms with Gasteiger partial charge in [-0.05, 0) is 18.6 Å². The molecule has 0 unspecified atom stereocenters. The maximum Gasteiger partial charge on any atom is 0.388 e. The first-order chi connectivity index (χ1) is 11.1. The van der Waals surface area contributed by atoms with Crippen molar-refractivity contribution in [3.8, 4) is 0 Å². The summed E-state index contributed by atoms with van der Waals surface area (Å²) in [4.78, 5) is 22.8. The number of anilines is 1. The highest BCUT2D eigenvalue weighted by Gasteiger charge is 2.12. The average molecular weight is 318 g/mol. The van der Waals surface area contributed by atoms with E-state index < -0.39 is 5.97 Å². The Morgan fingerprint density at radius 3 is 2.04 bits per heavy atom. The van der Waals surface area contributed by atoms with Crippen LogP contribution in [0.15, 0.2) is 24.3 Å². The number of benzene rings is 1. The van der Waals surface area contributed by atoms with E-state index in [4.69, 9.17) is 0 Å². The van der Waals surface area contributed by atoms with Crippen LogP contribution in [0, 0.1) is 0 Å². The molecule has 23 heavy (non-hydrogen) atoms. The molecular formula is C19H28NO3. The molecular weight excluding hydrogens is 290 g/mol. The van der Waals surface area contributed by atoms with Gasteiger partial charge in [0.05, 0.1) is 11.3 Å². The zero-order valence-corrected chi connectivity index (χ0v) is 14.1. The van der Waals surface area contributed by atoms with Gasteiger partial charge in [-0.2, -0.15) is 0 Å². The summed E-state index contributed by atoms with van der Waals surface area (Å²) in [5.41, 5.74) is 0.335. The lowest BCUT2D eigenvalue weighted by atomic mass is 10.1. The lowest BCUT2D eigenvalue weighted by molar-refractivity contribution is -0.116. The molecule has 0 heterocycles. The third-order valence-electron chi connectivity index (χ3n) is 3.93. The molecule has 0 spiro atoms. The molecule has 4 heteroatoms. The Morgan fingerprint density at radius 1 is 0.870 bits per heavy atom. The number of hydrogen-bond donors (Lipinski definition) is 1. The van der Waals surface area contributed by atoms with Gasteiger partial charge in [0.25, 0.3) is 0 Å². The van der Waals surface area contributed by atoms with Gasteiger partial charge in [0.2, 0.25) is 5.91 Å². The lowest BCUT2D eigenvalue weighted by Gasteiger charge is -2.07. The van der Waals surface area contributed by atoms with Gasteiger partial charge >= 0.3 is 5.97 Å². The van der Waals surface area contributed by atoms with Crippen LogP contribution >= 0.6 is 0 Å². The van der Waals surface area contributed by atoms with E-state index in [2.05, 4.69) is 12.2 Å². The molecule has 0 saturated carbocycles. The van der Waals surface area contributed by atoms with Crippen molar-refractivity contribution in [2.45, 2.75) is 71.1 Å². The number of para-hydroxylation sites is 1. The van der Waals surface area contributed by atoms with Gasteiger partial charge in [-0.3, -0.25) is 4.79 Å². The fraction of sp³-hybridized carbons (Fsp3) is 0.579. The van der Waals surface area contributed by atoms with Crippen LogP contribution < -0.4 is 5.32 Å². The second-order valence-corrected chi connectivity index (χ2v) is 5.96. The van der Waals surface area contributed by atoms with E-state index in [0.29, 0.717) is 12.1 Å². The Kier molecular flexibility index (Phi) is 9.76. The maximum atomic E-state index is 11.9. The number of carbonyl (C=O) groups excluding carboxylic acids is 2. The highest BCUT2D eigenvalue weighted by molar-refractivity contribution is 6.00. The largest absolute Gasteiger partial charge is 0.388 e. The number of rotatable bonds is 12. The molecule has 0 atom stereocenters. The molecule has 1 aromatic carbocycles. The second-order valence-electron chi connectivity index (χ2n) is 5.96. The Labute approximate surface area is 139 Å². The molecule has 1 radical (unpaired) electrons. The zero-order valence-electron chi connectivity index (χ0n) is 14.1. The molecule has 1 aromatic rings. The van der Waals surface area contributed by atoms with Gasteiger partial charge < -0.3 is 5.32 Å². The molecule has 1 amide bonds. The highest BCUT2D eigenvalue weighted by atomic mass is 16.4. The molecule has 4 nitrogen and oxygen atoms in total. The smallest absolute Gasteiger partial charge is 0.325 e. The Bertz CT molecular complexity index is 485. The first kappa shape index (κ1) is 19.2. The first-order valence-electron chi connectivity index (χ1n) is 8.75. The van der Waals surface area contributed by atoms with Crippen molar-refractivity contribution in [2.75, 3.05) is 5.32 Å². The van der Waals surface area contributed by atoms with E-state index >= 15 is 0 Å². The number of hydrogen-bond acceptors (Lipinski definition) is 2. The lowest BCUT2D eigenvalue weighted by Crippen LogP contribution is -2.13. The van der Waals surface area contributed by atoms with Crippen LogP contribution in [-0.2, 0) is 9.90 Å². The molecule has 127 valence electrons. The molecule has 0 aliphatic carbocycles. The summed E-state index contributed by atoms with van der Waals surface area (Å²) in [6.07, 6.45) is 11.2. The van der Waals surface area contributed by atoms with Gasteiger partial charge in [-0.1, -0.05) is 70.4 Å². The fourth-order valence-electron chi connectivity index (χ4n) is 2.58. The maximum absolute atomic E-state index is 11.9. The summed E-state index contributed by atoms with van der Waals surface area (Å²) >= 11 is 0. The van der Waals surface area contributed by atoms with Crippen molar-refractivity contribution in [3.05, 3.63) is 29.8 Å². The average Bonchev–Trinajstić information content (AvgIpc) is 2.53. The van der Waals surface area contributed by atoms with Gasteiger partial charge in [0, 0.05) is 6.42 Å². The monoisotopic (exact) mass is 318 g/mol. The molecule has 0 aliphatic rings. The minimum absolute atomic E-state index is 0.0212. The Hall–Kier alpha value is -1.84. The molecule has 0 saturated heterocycles. The van der Waals surface area contributed by atoms with Crippen LogP contribution in [0.25, 0.3) is 0 Å². The van der Waals surface area contributed by atoms with Crippen LogP contribution in [0.2, 0.25) is 0 Å². The molecule has 0 bridgehead atoms. The number of unbranched alkanes of at least 4 members (excludes halogenated alkanes) is 8. The van der Waals surface area contributed by atoms with E-state index in [0.717, 1.165) is 19.3 Å². The predicted octanol–water partition coefficient (Wildman–Crippen LogP) is 5.12. The van der Waals surface area contributed by atoms with Gasteiger partial charge in [0.1, 0.15) is 0 Å². The zero-order chi connectivity index (χ0) is 16.9. The number of carbonyl (C=O) groups is 2. The van der Waals surface area contributed by atoms with Crippen molar-refractivity contribution in [1.29, 1.82) is 0 Å². The quantitative estimate of drug-likeness (QED) is 0.544. The third-order valence-corrected chi connectivity index (χ3v) is 3.93. The standard InChI is InChI=1S/C19H28NO3/c1-2-3-4-5-6-7-8-9-10-15-18(21)20-17-14-12-11-13-16(17)19(22)23/h11-14H,2-10,15H2,1H3,(H,20,21). The molecule has 1 rings (SSSR count). The number of amides is 1. The van der Waals surface area contributed by atoms with Crippen LogP contribution in [-0.4, -0.2) is 11.9 Å². The highest BCUT2D eigenvalue weighted by Crippen LogP contribution is 2.16. The van der Waals surface area contributed by atoms with Crippen LogP contribution in [0.1, 0.15) is 81.5 Å². The van der Waals surface area contributed by atoms with Gasteiger partial charge in [-0.15, -0.1) is 0 Å². The summed E-state index contributed by atoms with van der Waals surface area (Å²) in [5, 5.41) is 13.6. The van der Waals surface area contributed by atoms with Crippen molar-refractivity contribution in [1.82, 2.24) is 0 Å². The minimum atomic E-state index is -1.27. The fourth-order valence-corrected chi connectivity index (χ4v) is 2.58. The molecule has 0 aromatic heterocycles. The summed E-state index contributed by atoms with van der Waals surface area (Å²) in [5.74, 6) is -1.41. The summed E-state index contributed by atoms with van der Waals surface area (Å²) in [6.45, 7) is 2.22. The van der Waals surface area contributed by atoms with Crippen molar-refractivity contribution < 1.29 is 14.7 Å². The van der Waals surface area contributed by atoms with Gasteiger partial charge in [-0.25, -0.2) is 9.90 Å². The van der Waals surface area contributed by atoms with E-state index in [1.54, 1.807) is 18.2 Å². The van der Waals surface area contributed by atoms with Gasteiger partial charge in [0.15, 0.2) is 0 Å². The Balaban J connectivity index is 2.15. The van der Waals surface area contributed by atoms with E-state index in [9.17, 15) is 14.7 Å². The Morgan fingerprint density at radius 2 is 1.43 bits per heavy atom. The summed E-state index contributed by atoms with van der Waals surface area (Å²) in [6, 6.07) is 6.32. The molecule has 1 N–H and O–H groups in total. The van der Waals surface area contributed by atoms with Crippen LogP contribution in [0.4, 0.5) is 5.69 Å². The van der Waals surface area contributed by atoms with Crippen LogP contribution in [0.3, 0.4) is 0 Å². The summed E-state index contributed by atoms with van der Waals surface area (Å²) < 4.78 is 0. The van der Waals surface area contributed by atoms with E-state index in [1.807, 2.05) is 0 Å². The minimum Gasteiger partial charge on any atom is -0.325 e. The van der Waals surface area contributed by atoms with Crippen LogP contribution in [0.5, 0.6) is 0 Å². The molecule has 0 fully saturated rings. The summed E-state index contributed by atoms with van der Waals surface area (Å²) in [7, 11) is 0. The van der Waals surface area contributed by atoms with E-state index in [1.165, 1.54) is 44.6 Å². The SMILES string of the molecule is CCCCCCCCCCCC(=O)Nc1ccccc1C([O])=O. The topological polar surface area (TPSA) is 66.1 Å². The van der Waals surface area contributed by atoms with E-state index in [-0.39, 0.29) is 11.5 Å². The van der Waals surface area contributed by atoms with Crippen molar-refractivity contribution in [3.63, 3.8) is 0 Å². The predicted molar refractivity (Wildman–Crippen MR) is 91.9 cm³/mol. The number of nitrogens with one attached hydrogen (secondary N) is 1. The second kappa shape index (κ2) is 11.7. The third kappa shape index (κ3) is 8.38. The van der Waals surface area contributed by atoms with Crippen molar-refractivity contribution in [2.24, 2.45) is 0 Å². The van der Waals surface area contributed by atoms with Crippen molar-refractivity contribution >= 4 is 17.6 Å². The molecule has 0 aliphatic heterocycles. The first-order valence-corrected chi connectivity index (χ1v) is 8.75. The normalized spacial score (nSPS) is 10.5.